The van der Waals surface area contributed by atoms with Crippen LogP contribution < -0.4 is 0 Å². The third-order valence-corrected chi connectivity index (χ3v) is 1.12. The first-order chi connectivity index (χ1) is 4.31. The van der Waals surface area contributed by atoms with E-state index in [4.69, 9.17) is 4.74 Å². The summed E-state index contributed by atoms with van der Waals surface area (Å²) in [6, 6.07) is 0. The van der Waals surface area contributed by atoms with Crippen LogP contribution in [0, 0.1) is 0 Å². The van der Waals surface area contributed by atoms with Crippen LogP contribution in [0.1, 0.15) is 20.3 Å². The highest BCUT2D eigenvalue weighted by molar-refractivity contribution is 4.39. The fourth-order valence-electron chi connectivity index (χ4n) is 0.693. The second-order valence-corrected chi connectivity index (χ2v) is 2.20. The number of ether oxygens (including phenoxy) is 1. The highest BCUT2D eigenvalue weighted by Crippen LogP contribution is 1.85. The highest BCUT2D eigenvalue weighted by atomic mass is 16.5. The Kier molecular flexibility index (Phi) is 5.99. The van der Waals surface area contributed by atoms with Crippen LogP contribution in [0.5, 0.6) is 0 Å². The lowest BCUT2D eigenvalue weighted by Crippen LogP contribution is -2.22. The van der Waals surface area contributed by atoms with Crippen molar-refractivity contribution >= 4 is 0 Å². The fourth-order valence-corrected chi connectivity index (χ4v) is 0.693. The van der Waals surface area contributed by atoms with E-state index in [1.165, 1.54) is 6.42 Å². The number of rotatable bonds is 5. The van der Waals surface area contributed by atoms with Gasteiger partial charge in [-0.15, -0.1) is 0 Å². The zero-order chi connectivity index (χ0) is 7.11. The Labute approximate surface area is 57.8 Å². The average Bonchev–Trinajstić information content (AvgIpc) is 1.85. The average molecular weight is 131 g/mol. The molecule has 0 aliphatic rings. The molecule has 0 unspecified atom stereocenters. The maximum absolute atomic E-state index is 5.17. The molecule has 0 aromatic rings. The van der Waals surface area contributed by atoms with Gasteiger partial charge in [0.1, 0.15) is 0 Å². The minimum atomic E-state index is 0.768. The molecule has 9 heavy (non-hydrogen) atoms. The van der Waals surface area contributed by atoms with E-state index in [2.05, 4.69) is 18.9 Å². The van der Waals surface area contributed by atoms with Crippen LogP contribution in [-0.2, 0) is 4.74 Å². The van der Waals surface area contributed by atoms with E-state index in [-0.39, 0.29) is 0 Å². The van der Waals surface area contributed by atoms with E-state index in [9.17, 15) is 0 Å². The molecule has 0 radical (unpaired) electrons. The Balaban J connectivity index is 2.95. The summed E-state index contributed by atoms with van der Waals surface area (Å²) in [5.41, 5.74) is 0. The number of nitrogens with zero attached hydrogens (tertiary/aromatic N) is 1. The minimum absolute atomic E-state index is 0.768. The van der Waals surface area contributed by atoms with Crippen LogP contribution in [0.2, 0.25) is 0 Å². The van der Waals surface area contributed by atoms with Gasteiger partial charge in [-0.3, -0.25) is 4.90 Å². The van der Waals surface area contributed by atoms with Gasteiger partial charge >= 0.3 is 0 Å². The quantitative estimate of drug-likeness (QED) is 0.522. The van der Waals surface area contributed by atoms with Gasteiger partial charge in [-0.2, -0.15) is 0 Å². The van der Waals surface area contributed by atoms with Crippen LogP contribution in [0.3, 0.4) is 0 Å². The Morgan fingerprint density at radius 1 is 1.33 bits per heavy atom. The van der Waals surface area contributed by atoms with E-state index in [0.717, 1.165) is 19.9 Å². The van der Waals surface area contributed by atoms with E-state index in [1.807, 2.05) is 6.92 Å². The van der Waals surface area contributed by atoms with Gasteiger partial charge in [0, 0.05) is 6.61 Å². The molecule has 0 aromatic heterocycles. The van der Waals surface area contributed by atoms with Gasteiger partial charge in [0.2, 0.25) is 0 Å². The molecule has 0 rings (SSSR count). The van der Waals surface area contributed by atoms with Gasteiger partial charge < -0.3 is 4.74 Å². The standard InChI is InChI=1S/C7H17NO/c1-4-6-8(3)7-9-5-2/h4-7H2,1-3H3. The summed E-state index contributed by atoms with van der Waals surface area (Å²) >= 11 is 0. The van der Waals surface area contributed by atoms with Crippen LogP contribution in [0.25, 0.3) is 0 Å². The van der Waals surface area contributed by atoms with Crippen molar-refractivity contribution in [1.29, 1.82) is 0 Å². The molecule has 0 fully saturated rings. The molecular weight excluding hydrogens is 114 g/mol. The van der Waals surface area contributed by atoms with Crippen molar-refractivity contribution in [2.75, 3.05) is 26.9 Å². The molecule has 0 aliphatic heterocycles. The summed E-state index contributed by atoms with van der Waals surface area (Å²) < 4.78 is 5.17. The second kappa shape index (κ2) is 6.05. The van der Waals surface area contributed by atoms with Gasteiger partial charge in [0.25, 0.3) is 0 Å². The maximum atomic E-state index is 5.17. The Morgan fingerprint density at radius 3 is 2.44 bits per heavy atom. The molecule has 0 heterocycles. The van der Waals surface area contributed by atoms with Gasteiger partial charge in [0.15, 0.2) is 0 Å². The third kappa shape index (κ3) is 5.80. The Bertz CT molecular complexity index is 56.9. The summed E-state index contributed by atoms with van der Waals surface area (Å²) in [6.07, 6.45) is 1.20. The normalized spacial score (nSPS) is 10.7. The van der Waals surface area contributed by atoms with Gasteiger partial charge in [-0.1, -0.05) is 6.92 Å². The van der Waals surface area contributed by atoms with Crippen molar-refractivity contribution in [3.63, 3.8) is 0 Å². The van der Waals surface area contributed by atoms with Crippen LogP contribution in [0.4, 0.5) is 0 Å². The van der Waals surface area contributed by atoms with E-state index in [1.54, 1.807) is 0 Å². The second-order valence-electron chi connectivity index (χ2n) is 2.20. The summed E-state index contributed by atoms with van der Waals surface area (Å²) in [4.78, 5) is 2.17. The molecule has 0 atom stereocenters. The first kappa shape index (κ1) is 8.92. The zero-order valence-electron chi connectivity index (χ0n) is 6.68. The molecule has 0 aromatic carbocycles. The molecule has 0 aliphatic carbocycles. The lowest BCUT2D eigenvalue weighted by molar-refractivity contribution is 0.0509. The van der Waals surface area contributed by atoms with Crippen molar-refractivity contribution in [2.45, 2.75) is 20.3 Å². The van der Waals surface area contributed by atoms with E-state index in [0.29, 0.717) is 0 Å². The van der Waals surface area contributed by atoms with Crippen LogP contribution in [0.15, 0.2) is 0 Å². The molecule has 0 saturated heterocycles. The summed E-state index contributed by atoms with van der Waals surface area (Å²) in [5, 5.41) is 0. The van der Waals surface area contributed by atoms with Gasteiger partial charge in [0.05, 0.1) is 6.73 Å². The lowest BCUT2D eigenvalue weighted by atomic mass is 10.5. The van der Waals surface area contributed by atoms with E-state index >= 15 is 0 Å². The summed E-state index contributed by atoms with van der Waals surface area (Å²) in [7, 11) is 2.07. The molecule has 2 nitrogen and oxygen atoms in total. The molecule has 2 heteroatoms. The van der Waals surface area contributed by atoms with Crippen molar-refractivity contribution in [3.05, 3.63) is 0 Å². The van der Waals surface area contributed by atoms with Crippen molar-refractivity contribution < 1.29 is 4.74 Å². The number of hydrogen-bond acceptors (Lipinski definition) is 2. The topological polar surface area (TPSA) is 12.5 Å². The predicted molar refractivity (Wildman–Crippen MR) is 39.4 cm³/mol. The lowest BCUT2D eigenvalue weighted by Gasteiger charge is -2.13. The van der Waals surface area contributed by atoms with E-state index < -0.39 is 0 Å². The van der Waals surface area contributed by atoms with Crippen molar-refractivity contribution in [3.8, 4) is 0 Å². The number of hydrogen-bond donors (Lipinski definition) is 0. The van der Waals surface area contributed by atoms with Crippen LogP contribution >= 0.6 is 0 Å². The molecule has 0 spiro atoms. The first-order valence-electron chi connectivity index (χ1n) is 3.57. The highest BCUT2D eigenvalue weighted by Gasteiger charge is 1.92. The van der Waals surface area contributed by atoms with Crippen molar-refractivity contribution in [1.82, 2.24) is 4.90 Å². The van der Waals surface area contributed by atoms with Crippen LogP contribution in [-0.4, -0.2) is 31.8 Å². The Hall–Kier alpha value is -0.0800. The Morgan fingerprint density at radius 2 is 2.00 bits per heavy atom. The summed E-state index contributed by atoms with van der Waals surface area (Å²) in [6.45, 7) is 6.89. The third-order valence-electron chi connectivity index (χ3n) is 1.12. The molecule has 0 bridgehead atoms. The molecule has 56 valence electrons. The predicted octanol–water partition coefficient (Wildman–Crippen LogP) is 1.32. The molecular formula is C7H17NO. The monoisotopic (exact) mass is 131 g/mol. The SMILES string of the molecule is CCCN(C)COCC. The molecule has 0 N–H and O–H groups in total. The fraction of sp³-hybridized carbons (Fsp3) is 1.00. The smallest absolute Gasteiger partial charge is 0.0987 e. The largest absolute Gasteiger partial charge is 0.366 e. The first-order valence-corrected chi connectivity index (χ1v) is 3.57. The maximum Gasteiger partial charge on any atom is 0.0987 e. The molecule has 0 saturated carbocycles. The van der Waals surface area contributed by atoms with Gasteiger partial charge in [-0.05, 0) is 26.9 Å². The minimum Gasteiger partial charge on any atom is -0.366 e. The van der Waals surface area contributed by atoms with Gasteiger partial charge in [-0.25, -0.2) is 0 Å². The molecule has 0 amide bonds. The summed E-state index contributed by atoms with van der Waals surface area (Å²) in [5.74, 6) is 0. The zero-order valence-corrected chi connectivity index (χ0v) is 6.68. The van der Waals surface area contributed by atoms with Crippen molar-refractivity contribution in [2.24, 2.45) is 0 Å².